The van der Waals surface area contributed by atoms with E-state index >= 15 is 0 Å². The minimum atomic E-state index is 0.0697. The van der Waals surface area contributed by atoms with Gasteiger partial charge in [-0.3, -0.25) is 4.79 Å². The Bertz CT molecular complexity index is 394. The highest BCUT2D eigenvalue weighted by molar-refractivity contribution is 6.29. The second kappa shape index (κ2) is 4.83. The maximum absolute atomic E-state index is 12.1. The Morgan fingerprint density at radius 3 is 3.12 bits per heavy atom. The predicted octanol–water partition coefficient (Wildman–Crippen LogP) is 2.61. The van der Waals surface area contributed by atoms with E-state index in [2.05, 4.69) is 11.9 Å². The van der Waals surface area contributed by atoms with E-state index in [1.165, 1.54) is 0 Å². The zero-order chi connectivity index (χ0) is 11.5. The van der Waals surface area contributed by atoms with E-state index in [0.717, 1.165) is 25.9 Å². The molecule has 1 aliphatic rings. The molecular weight excluding hydrogens is 224 g/mol. The van der Waals surface area contributed by atoms with Crippen molar-refractivity contribution in [2.24, 2.45) is 5.92 Å². The molecule has 0 saturated carbocycles. The molecule has 1 aliphatic heterocycles. The SMILES string of the molecule is CCC1CCN(C(=O)c2ccnc(Cl)c2)C1. The average Bonchev–Trinajstić information content (AvgIpc) is 2.76. The second-order valence-corrected chi connectivity index (χ2v) is 4.57. The molecule has 1 fully saturated rings. The Balaban J connectivity index is 2.08. The Morgan fingerprint density at radius 2 is 2.50 bits per heavy atom. The summed E-state index contributed by atoms with van der Waals surface area (Å²) in [6.45, 7) is 3.90. The van der Waals surface area contributed by atoms with Crippen LogP contribution >= 0.6 is 11.6 Å². The van der Waals surface area contributed by atoms with Gasteiger partial charge < -0.3 is 4.90 Å². The van der Waals surface area contributed by atoms with Gasteiger partial charge in [-0.1, -0.05) is 24.9 Å². The number of hydrogen-bond donors (Lipinski definition) is 0. The molecule has 0 spiro atoms. The number of hydrogen-bond acceptors (Lipinski definition) is 2. The summed E-state index contributed by atoms with van der Waals surface area (Å²) in [5.74, 6) is 0.724. The summed E-state index contributed by atoms with van der Waals surface area (Å²) in [6, 6.07) is 3.34. The Labute approximate surface area is 100 Å². The standard InChI is InChI=1S/C12H15ClN2O/c1-2-9-4-6-15(8-9)12(16)10-3-5-14-11(13)7-10/h3,5,7,9H,2,4,6,8H2,1H3. The summed E-state index contributed by atoms with van der Waals surface area (Å²) in [5.41, 5.74) is 0.636. The first kappa shape index (κ1) is 11.4. The summed E-state index contributed by atoms with van der Waals surface area (Å²) >= 11 is 5.77. The normalized spacial score (nSPS) is 20.1. The topological polar surface area (TPSA) is 33.2 Å². The zero-order valence-electron chi connectivity index (χ0n) is 9.32. The molecule has 1 atom stereocenters. The molecule has 0 aliphatic carbocycles. The summed E-state index contributed by atoms with van der Waals surface area (Å²) in [6.07, 6.45) is 3.82. The van der Waals surface area contributed by atoms with Gasteiger partial charge in [0.05, 0.1) is 0 Å². The number of carbonyl (C=O) groups is 1. The molecule has 1 aromatic heterocycles. The first-order chi connectivity index (χ1) is 7.70. The molecule has 1 unspecified atom stereocenters. The Hall–Kier alpha value is -1.09. The van der Waals surface area contributed by atoms with Gasteiger partial charge in [0.2, 0.25) is 0 Å². The van der Waals surface area contributed by atoms with Crippen molar-refractivity contribution in [2.75, 3.05) is 13.1 Å². The predicted molar refractivity (Wildman–Crippen MR) is 63.5 cm³/mol. The average molecular weight is 239 g/mol. The largest absolute Gasteiger partial charge is 0.338 e. The molecule has 0 radical (unpaired) electrons. The van der Waals surface area contributed by atoms with Crippen LogP contribution in [0.1, 0.15) is 30.1 Å². The number of rotatable bonds is 2. The van der Waals surface area contributed by atoms with E-state index in [-0.39, 0.29) is 5.91 Å². The maximum Gasteiger partial charge on any atom is 0.254 e. The van der Waals surface area contributed by atoms with E-state index in [1.807, 2.05) is 4.90 Å². The van der Waals surface area contributed by atoms with Crippen LogP contribution in [0.5, 0.6) is 0 Å². The van der Waals surface area contributed by atoms with Crippen molar-refractivity contribution < 1.29 is 4.79 Å². The van der Waals surface area contributed by atoms with Crippen molar-refractivity contribution in [3.05, 3.63) is 29.0 Å². The van der Waals surface area contributed by atoms with Crippen LogP contribution in [-0.4, -0.2) is 28.9 Å². The van der Waals surface area contributed by atoms with Crippen LogP contribution in [-0.2, 0) is 0 Å². The summed E-state index contributed by atoms with van der Waals surface area (Å²) in [4.78, 5) is 17.9. The van der Waals surface area contributed by atoms with Crippen LogP contribution in [0.3, 0.4) is 0 Å². The van der Waals surface area contributed by atoms with Gasteiger partial charge in [0.15, 0.2) is 0 Å². The fraction of sp³-hybridized carbons (Fsp3) is 0.500. The fourth-order valence-corrected chi connectivity index (χ4v) is 2.24. The zero-order valence-corrected chi connectivity index (χ0v) is 10.1. The third-order valence-electron chi connectivity index (χ3n) is 3.12. The number of pyridine rings is 1. The Kier molecular flexibility index (Phi) is 3.44. The minimum Gasteiger partial charge on any atom is -0.338 e. The molecule has 0 N–H and O–H groups in total. The van der Waals surface area contributed by atoms with Crippen LogP contribution in [0.4, 0.5) is 0 Å². The molecule has 3 nitrogen and oxygen atoms in total. The summed E-state index contributed by atoms with van der Waals surface area (Å²) < 4.78 is 0. The molecule has 86 valence electrons. The molecule has 1 saturated heterocycles. The van der Waals surface area contributed by atoms with E-state index in [0.29, 0.717) is 16.6 Å². The van der Waals surface area contributed by atoms with Gasteiger partial charge in [0.25, 0.3) is 5.91 Å². The smallest absolute Gasteiger partial charge is 0.254 e. The van der Waals surface area contributed by atoms with Crippen LogP contribution in [0.25, 0.3) is 0 Å². The lowest BCUT2D eigenvalue weighted by Gasteiger charge is -2.16. The second-order valence-electron chi connectivity index (χ2n) is 4.18. The first-order valence-corrected chi connectivity index (χ1v) is 5.99. The maximum atomic E-state index is 12.1. The lowest BCUT2D eigenvalue weighted by Crippen LogP contribution is -2.28. The van der Waals surface area contributed by atoms with Gasteiger partial charge in [-0.2, -0.15) is 0 Å². The number of aromatic nitrogens is 1. The van der Waals surface area contributed by atoms with Crippen molar-refractivity contribution in [1.82, 2.24) is 9.88 Å². The number of nitrogens with zero attached hydrogens (tertiary/aromatic N) is 2. The van der Waals surface area contributed by atoms with Crippen LogP contribution < -0.4 is 0 Å². The van der Waals surface area contributed by atoms with Crippen LogP contribution in [0.2, 0.25) is 5.15 Å². The number of halogens is 1. The van der Waals surface area contributed by atoms with E-state index in [9.17, 15) is 4.79 Å². The summed E-state index contributed by atoms with van der Waals surface area (Å²) in [5, 5.41) is 0.372. The third-order valence-corrected chi connectivity index (χ3v) is 3.33. The van der Waals surface area contributed by atoms with Crippen molar-refractivity contribution in [3.63, 3.8) is 0 Å². The quantitative estimate of drug-likeness (QED) is 0.742. The molecule has 1 aromatic rings. The molecule has 4 heteroatoms. The number of carbonyl (C=O) groups excluding carboxylic acids is 1. The van der Waals surface area contributed by atoms with Gasteiger partial charge >= 0.3 is 0 Å². The first-order valence-electron chi connectivity index (χ1n) is 5.61. The molecule has 16 heavy (non-hydrogen) atoms. The minimum absolute atomic E-state index is 0.0697. The van der Waals surface area contributed by atoms with Gasteiger partial charge in [-0.15, -0.1) is 0 Å². The Morgan fingerprint density at radius 1 is 1.69 bits per heavy atom. The van der Waals surface area contributed by atoms with Crippen molar-refractivity contribution in [2.45, 2.75) is 19.8 Å². The van der Waals surface area contributed by atoms with Gasteiger partial charge in [0.1, 0.15) is 5.15 Å². The van der Waals surface area contributed by atoms with Crippen LogP contribution in [0, 0.1) is 5.92 Å². The van der Waals surface area contributed by atoms with Crippen molar-refractivity contribution >= 4 is 17.5 Å². The molecular formula is C12H15ClN2O. The van der Waals surface area contributed by atoms with E-state index in [4.69, 9.17) is 11.6 Å². The van der Waals surface area contributed by atoms with Crippen molar-refractivity contribution in [1.29, 1.82) is 0 Å². The monoisotopic (exact) mass is 238 g/mol. The highest BCUT2D eigenvalue weighted by Gasteiger charge is 2.25. The van der Waals surface area contributed by atoms with Gasteiger partial charge in [0, 0.05) is 24.8 Å². The summed E-state index contributed by atoms with van der Waals surface area (Å²) in [7, 11) is 0. The van der Waals surface area contributed by atoms with E-state index < -0.39 is 0 Å². The lowest BCUT2D eigenvalue weighted by atomic mass is 10.1. The molecule has 1 amide bonds. The third kappa shape index (κ3) is 2.35. The van der Waals surface area contributed by atoms with Crippen LogP contribution in [0.15, 0.2) is 18.3 Å². The highest BCUT2D eigenvalue weighted by atomic mass is 35.5. The molecule has 0 aromatic carbocycles. The fourth-order valence-electron chi connectivity index (χ4n) is 2.07. The molecule has 2 heterocycles. The van der Waals surface area contributed by atoms with Gasteiger partial charge in [-0.25, -0.2) is 4.98 Å². The number of likely N-dealkylation sites (tertiary alicyclic amines) is 1. The van der Waals surface area contributed by atoms with Gasteiger partial charge in [-0.05, 0) is 24.5 Å². The number of amides is 1. The molecule has 0 bridgehead atoms. The highest BCUT2D eigenvalue weighted by Crippen LogP contribution is 2.21. The van der Waals surface area contributed by atoms with Crippen molar-refractivity contribution in [3.8, 4) is 0 Å². The molecule has 2 rings (SSSR count). The lowest BCUT2D eigenvalue weighted by molar-refractivity contribution is 0.0787. The van der Waals surface area contributed by atoms with E-state index in [1.54, 1.807) is 18.3 Å².